The summed E-state index contributed by atoms with van der Waals surface area (Å²) in [6.45, 7) is 3.58. The van der Waals surface area contributed by atoms with Crippen molar-refractivity contribution >= 4 is 17.3 Å². The van der Waals surface area contributed by atoms with Crippen LogP contribution in [0.1, 0.15) is 24.2 Å². The molecule has 1 N–H and O–H groups in total. The largest absolute Gasteiger partial charge is 0.489 e. The van der Waals surface area contributed by atoms with E-state index in [1.54, 1.807) is 13.8 Å². The minimum atomic E-state index is -0.712. The Kier molecular flexibility index (Phi) is 4.90. The summed E-state index contributed by atoms with van der Waals surface area (Å²) >= 11 is 0. The zero-order chi connectivity index (χ0) is 17.0. The number of carbonyl (C=O) groups excluding carboxylic acids is 1. The van der Waals surface area contributed by atoms with Crippen LogP contribution in [0.25, 0.3) is 0 Å². The lowest BCUT2D eigenvalue weighted by Crippen LogP contribution is -2.16. The summed E-state index contributed by atoms with van der Waals surface area (Å²) in [5.74, 6) is -0.983. The number of amides is 1. The number of halogens is 1. The van der Waals surface area contributed by atoms with Crippen molar-refractivity contribution in [2.45, 2.75) is 20.0 Å². The number of hydrogen-bond donors (Lipinski definition) is 1. The average molecular weight is 318 g/mol. The Morgan fingerprint density at radius 1 is 1.26 bits per heavy atom. The molecular formula is C16H15FN2O4. The topological polar surface area (TPSA) is 81.5 Å². The van der Waals surface area contributed by atoms with Gasteiger partial charge in [0.2, 0.25) is 0 Å². The van der Waals surface area contributed by atoms with Crippen LogP contribution < -0.4 is 10.1 Å². The molecule has 2 aromatic rings. The minimum Gasteiger partial charge on any atom is -0.489 e. The molecule has 0 radical (unpaired) electrons. The van der Waals surface area contributed by atoms with Gasteiger partial charge in [0, 0.05) is 12.1 Å². The van der Waals surface area contributed by atoms with E-state index in [2.05, 4.69) is 5.32 Å². The standard InChI is InChI=1S/C16H15FN2O4/c1-10(2)23-15-8-7-11(17)9-13(15)18-16(20)12-5-3-4-6-14(12)19(21)22/h3-10H,1-2H3,(H,18,20). The molecule has 0 bridgehead atoms. The van der Waals surface area contributed by atoms with E-state index in [9.17, 15) is 19.3 Å². The van der Waals surface area contributed by atoms with Crippen molar-refractivity contribution in [3.05, 3.63) is 64.0 Å². The molecule has 0 unspecified atom stereocenters. The summed E-state index contributed by atoms with van der Waals surface area (Å²) in [6, 6.07) is 9.23. The Morgan fingerprint density at radius 3 is 2.61 bits per heavy atom. The van der Waals surface area contributed by atoms with Crippen molar-refractivity contribution < 1.29 is 18.8 Å². The molecule has 0 aliphatic heterocycles. The number of carbonyl (C=O) groups is 1. The molecule has 0 spiro atoms. The second-order valence-electron chi connectivity index (χ2n) is 5.04. The normalized spacial score (nSPS) is 10.4. The number of nitrogens with zero attached hydrogens (tertiary/aromatic N) is 1. The van der Waals surface area contributed by atoms with Gasteiger partial charge in [-0.2, -0.15) is 0 Å². The van der Waals surface area contributed by atoms with Gasteiger partial charge < -0.3 is 10.1 Å². The fourth-order valence-electron chi connectivity index (χ4n) is 1.97. The van der Waals surface area contributed by atoms with E-state index in [-0.39, 0.29) is 28.8 Å². The van der Waals surface area contributed by atoms with Crippen LogP contribution in [0.2, 0.25) is 0 Å². The summed E-state index contributed by atoms with van der Waals surface area (Å²) in [5.41, 5.74) is -0.327. The number of nitro benzene ring substituents is 1. The molecule has 7 heteroatoms. The summed E-state index contributed by atoms with van der Waals surface area (Å²) in [5, 5.41) is 13.4. The number of rotatable bonds is 5. The fourth-order valence-corrected chi connectivity index (χ4v) is 1.97. The zero-order valence-corrected chi connectivity index (χ0v) is 12.6. The Hall–Kier alpha value is -2.96. The smallest absolute Gasteiger partial charge is 0.282 e. The van der Waals surface area contributed by atoms with Crippen LogP contribution in [0.15, 0.2) is 42.5 Å². The van der Waals surface area contributed by atoms with Crippen LogP contribution in [-0.2, 0) is 0 Å². The maximum Gasteiger partial charge on any atom is 0.282 e. The Balaban J connectivity index is 2.34. The molecule has 0 aliphatic rings. The highest BCUT2D eigenvalue weighted by atomic mass is 19.1. The summed E-state index contributed by atoms with van der Waals surface area (Å²) in [4.78, 5) is 22.6. The van der Waals surface area contributed by atoms with Crippen LogP contribution in [0.3, 0.4) is 0 Å². The van der Waals surface area contributed by atoms with Gasteiger partial charge in [0.05, 0.1) is 16.7 Å². The Morgan fingerprint density at radius 2 is 1.96 bits per heavy atom. The van der Waals surface area contributed by atoms with Gasteiger partial charge in [0.1, 0.15) is 17.1 Å². The number of nitrogens with one attached hydrogen (secondary N) is 1. The minimum absolute atomic E-state index is 0.113. The van der Waals surface area contributed by atoms with Crippen molar-refractivity contribution in [3.63, 3.8) is 0 Å². The third-order valence-electron chi connectivity index (χ3n) is 2.90. The molecule has 1 amide bonds. The monoisotopic (exact) mass is 318 g/mol. The van der Waals surface area contributed by atoms with Crippen LogP contribution in [0, 0.1) is 15.9 Å². The highest BCUT2D eigenvalue weighted by Gasteiger charge is 2.20. The zero-order valence-electron chi connectivity index (χ0n) is 12.6. The van der Waals surface area contributed by atoms with Gasteiger partial charge in [-0.25, -0.2) is 4.39 Å². The predicted molar refractivity (Wildman–Crippen MR) is 83.2 cm³/mol. The molecule has 0 saturated heterocycles. The van der Waals surface area contributed by atoms with E-state index in [1.165, 1.54) is 36.4 Å². The number of anilines is 1. The number of hydrogen-bond acceptors (Lipinski definition) is 4. The van der Waals surface area contributed by atoms with E-state index < -0.39 is 16.6 Å². The van der Waals surface area contributed by atoms with Crippen molar-refractivity contribution in [2.24, 2.45) is 0 Å². The van der Waals surface area contributed by atoms with E-state index in [0.717, 1.165) is 6.07 Å². The van der Waals surface area contributed by atoms with Gasteiger partial charge in [-0.3, -0.25) is 14.9 Å². The van der Waals surface area contributed by atoms with Crippen molar-refractivity contribution in [2.75, 3.05) is 5.32 Å². The molecule has 0 heterocycles. The molecular weight excluding hydrogens is 303 g/mol. The second-order valence-corrected chi connectivity index (χ2v) is 5.04. The SMILES string of the molecule is CC(C)Oc1ccc(F)cc1NC(=O)c1ccccc1[N+](=O)[O-]. The maximum atomic E-state index is 13.4. The molecule has 23 heavy (non-hydrogen) atoms. The van der Waals surface area contributed by atoms with Gasteiger partial charge in [-0.05, 0) is 32.0 Å². The molecule has 120 valence electrons. The summed E-state index contributed by atoms with van der Waals surface area (Å²) in [7, 11) is 0. The van der Waals surface area contributed by atoms with E-state index in [4.69, 9.17) is 4.74 Å². The van der Waals surface area contributed by atoms with Gasteiger partial charge >= 0.3 is 0 Å². The van der Waals surface area contributed by atoms with E-state index in [0.29, 0.717) is 0 Å². The third-order valence-corrected chi connectivity index (χ3v) is 2.90. The van der Waals surface area contributed by atoms with Gasteiger partial charge in [0.15, 0.2) is 0 Å². The number of nitro groups is 1. The quantitative estimate of drug-likeness (QED) is 0.672. The highest BCUT2D eigenvalue weighted by molar-refractivity contribution is 6.07. The maximum absolute atomic E-state index is 13.4. The summed E-state index contributed by atoms with van der Waals surface area (Å²) in [6.07, 6.45) is -0.179. The fraction of sp³-hybridized carbons (Fsp3) is 0.188. The van der Waals surface area contributed by atoms with Gasteiger partial charge in [-0.1, -0.05) is 12.1 Å². The molecule has 6 nitrogen and oxygen atoms in total. The van der Waals surface area contributed by atoms with Crippen LogP contribution in [0.4, 0.5) is 15.8 Å². The van der Waals surface area contributed by atoms with Gasteiger partial charge in [0.25, 0.3) is 11.6 Å². The predicted octanol–water partition coefficient (Wildman–Crippen LogP) is 3.77. The lowest BCUT2D eigenvalue weighted by molar-refractivity contribution is -0.385. The van der Waals surface area contributed by atoms with Crippen molar-refractivity contribution in [1.29, 1.82) is 0 Å². The van der Waals surface area contributed by atoms with Gasteiger partial charge in [-0.15, -0.1) is 0 Å². The van der Waals surface area contributed by atoms with E-state index >= 15 is 0 Å². The summed E-state index contributed by atoms with van der Waals surface area (Å²) < 4.78 is 18.9. The number of para-hydroxylation sites is 1. The molecule has 0 saturated carbocycles. The lowest BCUT2D eigenvalue weighted by Gasteiger charge is -2.15. The first-order valence-corrected chi connectivity index (χ1v) is 6.89. The Labute approximate surface area is 132 Å². The molecule has 0 aromatic heterocycles. The Bertz CT molecular complexity index is 747. The van der Waals surface area contributed by atoms with Crippen molar-refractivity contribution in [3.8, 4) is 5.75 Å². The first-order chi connectivity index (χ1) is 10.9. The molecule has 0 fully saturated rings. The number of ether oxygens (including phenoxy) is 1. The molecule has 2 aromatic carbocycles. The lowest BCUT2D eigenvalue weighted by atomic mass is 10.1. The van der Waals surface area contributed by atoms with Crippen LogP contribution in [0.5, 0.6) is 5.75 Å². The molecule has 2 rings (SSSR count). The third kappa shape index (κ3) is 4.03. The average Bonchev–Trinajstić information content (AvgIpc) is 2.49. The highest BCUT2D eigenvalue weighted by Crippen LogP contribution is 2.28. The van der Waals surface area contributed by atoms with Crippen LogP contribution in [-0.4, -0.2) is 16.9 Å². The first-order valence-electron chi connectivity index (χ1n) is 6.89. The first kappa shape index (κ1) is 16.4. The van der Waals surface area contributed by atoms with E-state index in [1.807, 2.05) is 0 Å². The second kappa shape index (κ2) is 6.87. The van der Waals surface area contributed by atoms with Crippen LogP contribution >= 0.6 is 0 Å². The number of benzene rings is 2. The molecule has 0 aliphatic carbocycles. The molecule has 0 atom stereocenters. The van der Waals surface area contributed by atoms with Crippen molar-refractivity contribution in [1.82, 2.24) is 0 Å².